The average molecular weight is 566 g/mol. The van der Waals surface area contributed by atoms with Gasteiger partial charge in [-0.25, -0.2) is 9.41 Å². The molecule has 0 aliphatic rings. The van der Waals surface area contributed by atoms with E-state index >= 15 is 0 Å². The van der Waals surface area contributed by atoms with Crippen molar-refractivity contribution < 1.29 is 17.2 Å². The molecule has 2 aromatic heterocycles. The minimum Gasteiger partial charge on any atom is -0.456 e. The summed E-state index contributed by atoms with van der Waals surface area (Å²) in [6.07, 6.45) is 1.84. The third-order valence-corrected chi connectivity index (χ3v) is 16.8. The number of nitrogens with zero attached hydrogens (tertiary/aromatic N) is 2. The minimum atomic E-state index is -2.57. The lowest BCUT2D eigenvalue weighted by Gasteiger charge is -2.50. The predicted octanol–water partition coefficient (Wildman–Crippen LogP) is 10.1. The van der Waals surface area contributed by atoms with Crippen molar-refractivity contribution in [1.82, 2.24) is 0 Å². The van der Waals surface area contributed by atoms with E-state index in [0.29, 0.717) is 22.4 Å². The Labute approximate surface area is 255 Å². The van der Waals surface area contributed by atoms with Gasteiger partial charge in [0.2, 0.25) is 5.69 Å². The zero-order chi connectivity index (χ0) is 35.1. The van der Waals surface area contributed by atoms with E-state index in [1.54, 1.807) is 30.3 Å². The second kappa shape index (κ2) is 9.71. The van der Waals surface area contributed by atoms with Crippen LogP contribution in [-0.2, 0) is 7.05 Å². The molecule has 210 valence electrons. The van der Waals surface area contributed by atoms with Gasteiger partial charge in [0.15, 0.2) is 11.9 Å². The second-order valence-corrected chi connectivity index (χ2v) is 19.3. The average Bonchev–Trinajstić information content (AvgIpc) is 3.32. The molecule has 3 nitrogen and oxygen atoms in total. The molecule has 0 fully saturated rings. The van der Waals surface area contributed by atoms with Crippen molar-refractivity contribution in [2.75, 3.05) is 0 Å². The monoisotopic (exact) mass is 565 g/mol. The molecule has 41 heavy (non-hydrogen) atoms. The maximum Gasteiger partial charge on any atom is 0.216 e. The maximum atomic E-state index is 8.70. The summed E-state index contributed by atoms with van der Waals surface area (Å²) in [4.78, 5) is 3.55. The number of furan rings is 1. The lowest BCUT2D eigenvalue weighted by Crippen LogP contribution is -2.59. The van der Waals surface area contributed by atoms with Crippen LogP contribution in [-0.4, -0.2) is 8.07 Å². The summed E-state index contributed by atoms with van der Waals surface area (Å²) in [7, 11) is -0.640. The van der Waals surface area contributed by atoms with E-state index in [0.717, 1.165) is 32.8 Å². The highest BCUT2D eigenvalue weighted by molar-refractivity contribution is 6.95. The van der Waals surface area contributed by atoms with Gasteiger partial charge < -0.3 is 4.42 Å². The molecule has 0 amide bonds. The first-order chi connectivity index (χ1) is 21.5. The number of benzene rings is 3. The molecule has 0 radical (unpaired) electrons. The van der Waals surface area contributed by atoms with Gasteiger partial charge in [0, 0.05) is 31.1 Å². The molecule has 2 heterocycles. The SMILES string of the molecule is [2H]C([2H])([2H])c1cc([Si](C)(C(C)(C)C)C(C)(C)C)cc(C([2H])([2H])[2H])c1-c1cc[n+](C)c(-c2c(C)ccc3c2oc2cc([N+]#[C-])ccc23)c1. The molecule has 0 aliphatic heterocycles. The molecule has 5 aromatic rings. The topological polar surface area (TPSA) is 21.4 Å². The molecule has 0 spiro atoms. The summed E-state index contributed by atoms with van der Waals surface area (Å²) in [5.41, 5.74) is 5.09. The first-order valence-corrected chi connectivity index (χ1v) is 16.5. The third-order valence-electron chi connectivity index (χ3n) is 9.37. The maximum absolute atomic E-state index is 8.70. The first-order valence-electron chi connectivity index (χ1n) is 17.0. The highest BCUT2D eigenvalue weighted by Gasteiger charge is 2.50. The molecule has 0 atom stereocenters. The van der Waals surface area contributed by atoms with E-state index in [2.05, 4.69) is 52.9 Å². The third kappa shape index (κ3) is 4.52. The Balaban J connectivity index is 1.87. The highest BCUT2D eigenvalue weighted by atomic mass is 28.3. The van der Waals surface area contributed by atoms with Gasteiger partial charge in [-0.15, -0.1) is 0 Å². The van der Waals surface area contributed by atoms with E-state index in [4.69, 9.17) is 19.2 Å². The summed E-state index contributed by atoms with van der Waals surface area (Å²) in [6.45, 7) is 19.6. The Morgan fingerprint density at radius 1 is 0.829 bits per heavy atom. The number of aryl methyl sites for hydroxylation is 4. The molecule has 4 heteroatoms. The number of fused-ring (bicyclic) bond motifs is 3. The van der Waals surface area contributed by atoms with Crippen LogP contribution in [0.2, 0.25) is 16.6 Å². The summed E-state index contributed by atoms with van der Waals surface area (Å²) in [5.74, 6) is 0. The van der Waals surface area contributed by atoms with Crippen molar-refractivity contribution in [3.63, 3.8) is 0 Å². The van der Waals surface area contributed by atoms with Gasteiger partial charge in [0.1, 0.15) is 18.2 Å². The summed E-state index contributed by atoms with van der Waals surface area (Å²) < 4.78 is 60.5. The highest BCUT2D eigenvalue weighted by Crippen LogP contribution is 2.51. The fourth-order valence-electron chi connectivity index (χ4n) is 6.52. The fraction of sp³-hybridized carbons (Fsp3) is 0.351. The molecule has 0 bridgehead atoms. The van der Waals surface area contributed by atoms with Crippen molar-refractivity contribution in [3.8, 4) is 22.4 Å². The summed E-state index contributed by atoms with van der Waals surface area (Å²) in [5, 5.41) is 2.25. The van der Waals surface area contributed by atoms with Crippen molar-refractivity contribution in [1.29, 1.82) is 0 Å². The van der Waals surface area contributed by atoms with Crippen LogP contribution >= 0.6 is 0 Å². The Morgan fingerprint density at radius 3 is 2.05 bits per heavy atom. The number of rotatable bonds is 3. The smallest absolute Gasteiger partial charge is 0.216 e. The van der Waals surface area contributed by atoms with Crippen LogP contribution in [0.1, 0.15) is 66.5 Å². The van der Waals surface area contributed by atoms with Crippen LogP contribution in [0, 0.1) is 27.2 Å². The van der Waals surface area contributed by atoms with E-state index in [9.17, 15) is 0 Å². The fourth-order valence-corrected chi connectivity index (χ4v) is 11.4. The van der Waals surface area contributed by atoms with Crippen molar-refractivity contribution >= 4 is 40.9 Å². The predicted molar refractivity (Wildman–Crippen MR) is 177 cm³/mol. The minimum absolute atomic E-state index is 0.0542. The quantitative estimate of drug-likeness (QED) is 0.121. The zero-order valence-electron chi connectivity index (χ0n) is 31.6. The van der Waals surface area contributed by atoms with Crippen LogP contribution in [0.4, 0.5) is 5.69 Å². The van der Waals surface area contributed by atoms with Gasteiger partial charge in [-0.1, -0.05) is 89.7 Å². The van der Waals surface area contributed by atoms with Gasteiger partial charge >= 0.3 is 0 Å². The van der Waals surface area contributed by atoms with Crippen LogP contribution in [0.15, 0.2) is 65.2 Å². The Bertz CT molecular complexity index is 2040. The number of hydrogen-bond donors (Lipinski definition) is 0. The lowest BCUT2D eigenvalue weighted by atomic mass is 9.93. The number of hydrogen-bond acceptors (Lipinski definition) is 1. The van der Waals surface area contributed by atoms with Crippen molar-refractivity contribution in [2.24, 2.45) is 7.05 Å². The van der Waals surface area contributed by atoms with Gasteiger partial charge in [-0.3, -0.25) is 0 Å². The molecule has 0 unspecified atom stereocenters. The lowest BCUT2D eigenvalue weighted by molar-refractivity contribution is -0.660. The van der Waals surface area contributed by atoms with Crippen LogP contribution < -0.4 is 9.75 Å². The molecule has 0 saturated carbocycles. The molecular formula is C37H43N2OSi+. The molecule has 0 saturated heterocycles. The zero-order valence-corrected chi connectivity index (χ0v) is 26.6. The van der Waals surface area contributed by atoms with E-state index in [1.807, 2.05) is 49.0 Å². The van der Waals surface area contributed by atoms with Gasteiger partial charge in [0.05, 0.1) is 20.2 Å². The van der Waals surface area contributed by atoms with E-state index < -0.39 is 21.8 Å². The summed E-state index contributed by atoms with van der Waals surface area (Å²) >= 11 is 0. The van der Waals surface area contributed by atoms with Crippen molar-refractivity contribution in [3.05, 3.63) is 88.9 Å². The van der Waals surface area contributed by atoms with E-state index in [-0.39, 0.29) is 26.8 Å². The standard InChI is InChI=1S/C37H43N2OSi/c1-23-13-15-30-29-16-14-27(38-10)22-32(29)40-35(30)34(23)31-21-26(17-18-39(31)11)33-24(2)19-28(20-25(33)3)41(12,36(4,5)6)37(7,8)9/h13-22H,1-9,11-12H3/q+1/i2D3,3D3. The van der Waals surface area contributed by atoms with Crippen LogP contribution in [0.5, 0.6) is 0 Å². The van der Waals surface area contributed by atoms with Crippen LogP contribution in [0.25, 0.3) is 49.2 Å². The largest absolute Gasteiger partial charge is 0.456 e. The van der Waals surface area contributed by atoms with Gasteiger partial charge in [-0.05, 0) is 64.6 Å². The number of pyridine rings is 1. The molecule has 5 rings (SSSR count). The Hall–Kier alpha value is -3.68. The first kappa shape index (κ1) is 22.0. The molecular weight excluding hydrogens is 517 g/mol. The second-order valence-electron chi connectivity index (χ2n) is 13.5. The van der Waals surface area contributed by atoms with Gasteiger partial charge in [-0.2, -0.15) is 0 Å². The normalized spacial score (nSPS) is 15.5. The van der Waals surface area contributed by atoms with E-state index in [1.165, 1.54) is 0 Å². The van der Waals surface area contributed by atoms with Crippen LogP contribution in [0.3, 0.4) is 0 Å². The molecule has 0 aliphatic carbocycles. The molecule has 0 N–H and O–H groups in total. The Kier molecular flexibility index (Phi) is 5.20. The van der Waals surface area contributed by atoms with Crippen molar-refractivity contribution in [2.45, 2.75) is 78.8 Å². The summed E-state index contributed by atoms with van der Waals surface area (Å²) in [6, 6.07) is 16.7. The van der Waals surface area contributed by atoms with Gasteiger partial charge in [0.25, 0.3) is 0 Å². The molecule has 3 aromatic carbocycles. The Morgan fingerprint density at radius 2 is 1.46 bits per heavy atom. The number of aromatic nitrogens is 1.